The summed E-state index contributed by atoms with van der Waals surface area (Å²) >= 11 is 0. The van der Waals surface area contributed by atoms with E-state index >= 15 is 0 Å². The molecule has 5 heteroatoms. The first kappa shape index (κ1) is 14.4. The van der Waals surface area contributed by atoms with Crippen LogP contribution in [0.3, 0.4) is 0 Å². The SMILES string of the molecule is CC(NCCN)C1CC[Si](C)(C)[Si](C)(C)O1. The van der Waals surface area contributed by atoms with Crippen LogP contribution in [0.5, 0.6) is 0 Å². The number of rotatable bonds is 4. The summed E-state index contributed by atoms with van der Waals surface area (Å²) in [5.41, 5.74) is 5.51. The fraction of sp³-hybridized carbons (Fsp3) is 1.00. The summed E-state index contributed by atoms with van der Waals surface area (Å²) in [6.45, 7) is 13.6. The van der Waals surface area contributed by atoms with E-state index in [2.05, 4.69) is 38.4 Å². The van der Waals surface area contributed by atoms with Gasteiger partial charge < -0.3 is 15.5 Å². The molecule has 1 rings (SSSR count). The molecule has 0 aromatic carbocycles. The summed E-state index contributed by atoms with van der Waals surface area (Å²) < 4.78 is 6.45. The van der Waals surface area contributed by atoms with Gasteiger partial charge in [0.05, 0.1) is 13.7 Å². The average Bonchev–Trinajstić information content (AvgIpc) is 2.18. The Bertz CT molecular complexity index is 234. The molecule has 0 saturated carbocycles. The van der Waals surface area contributed by atoms with Crippen LogP contribution in [-0.4, -0.2) is 40.7 Å². The molecule has 0 bridgehead atoms. The summed E-state index contributed by atoms with van der Waals surface area (Å²) in [5, 5.41) is 3.45. The third-order valence-electron chi connectivity index (χ3n) is 4.30. The van der Waals surface area contributed by atoms with Gasteiger partial charge in [-0.05, 0) is 26.4 Å². The maximum absolute atomic E-state index is 6.45. The molecule has 3 nitrogen and oxygen atoms in total. The summed E-state index contributed by atoms with van der Waals surface area (Å²) in [6.07, 6.45) is 1.64. The van der Waals surface area contributed by atoms with E-state index in [4.69, 9.17) is 10.2 Å². The molecule has 0 aliphatic carbocycles. The van der Waals surface area contributed by atoms with Crippen LogP contribution in [0.25, 0.3) is 0 Å². The molecule has 3 N–H and O–H groups in total. The fourth-order valence-corrected chi connectivity index (χ4v) is 8.85. The Morgan fingerprint density at radius 3 is 2.50 bits per heavy atom. The van der Waals surface area contributed by atoms with Crippen LogP contribution < -0.4 is 11.1 Å². The second-order valence-corrected chi connectivity index (χ2v) is 21.3. The zero-order valence-corrected chi connectivity index (χ0v) is 13.5. The van der Waals surface area contributed by atoms with Crippen molar-refractivity contribution in [1.29, 1.82) is 0 Å². The van der Waals surface area contributed by atoms with Crippen molar-refractivity contribution in [3.8, 4) is 0 Å². The fourth-order valence-electron chi connectivity index (χ4n) is 2.20. The Morgan fingerprint density at radius 1 is 1.38 bits per heavy atom. The first-order valence-electron chi connectivity index (χ1n) is 6.41. The van der Waals surface area contributed by atoms with E-state index in [9.17, 15) is 0 Å². The van der Waals surface area contributed by atoms with E-state index in [0.717, 1.165) is 6.54 Å². The molecule has 1 fully saturated rings. The minimum atomic E-state index is -1.42. The predicted molar refractivity (Wildman–Crippen MR) is 75.8 cm³/mol. The molecule has 0 radical (unpaired) electrons. The van der Waals surface area contributed by atoms with E-state index in [1.807, 2.05) is 0 Å². The second-order valence-electron chi connectivity index (χ2n) is 6.12. The summed E-state index contributed by atoms with van der Waals surface area (Å²) in [5.74, 6) is 0. The van der Waals surface area contributed by atoms with Gasteiger partial charge in [0.25, 0.3) is 0 Å². The van der Waals surface area contributed by atoms with Crippen LogP contribution in [0.1, 0.15) is 13.3 Å². The van der Waals surface area contributed by atoms with Crippen LogP contribution in [-0.2, 0) is 4.43 Å². The quantitative estimate of drug-likeness (QED) is 0.757. The minimum Gasteiger partial charge on any atom is -0.416 e. The molecule has 0 amide bonds. The van der Waals surface area contributed by atoms with E-state index < -0.39 is 15.4 Å². The van der Waals surface area contributed by atoms with Crippen molar-refractivity contribution in [2.75, 3.05) is 13.1 Å². The van der Waals surface area contributed by atoms with E-state index in [-0.39, 0.29) is 0 Å². The van der Waals surface area contributed by atoms with Crippen LogP contribution >= 0.6 is 0 Å². The molecule has 1 heterocycles. The highest BCUT2D eigenvalue weighted by Crippen LogP contribution is 2.34. The van der Waals surface area contributed by atoms with Gasteiger partial charge in [-0.1, -0.05) is 19.1 Å². The van der Waals surface area contributed by atoms with Crippen LogP contribution in [0.2, 0.25) is 32.2 Å². The second kappa shape index (κ2) is 5.31. The van der Waals surface area contributed by atoms with Gasteiger partial charge in [-0.15, -0.1) is 0 Å². The Hall–Kier alpha value is 0.314. The van der Waals surface area contributed by atoms with E-state index in [1.54, 1.807) is 0 Å². The highest BCUT2D eigenvalue weighted by Gasteiger charge is 2.48. The molecule has 2 atom stereocenters. The van der Waals surface area contributed by atoms with Gasteiger partial charge in [-0.25, -0.2) is 0 Å². The lowest BCUT2D eigenvalue weighted by Crippen LogP contribution is -2.64. The summed E-state index contributed by atoms with van der Waals surface area (Å²) in [4.78, 5) is 0. The average molecular weight is 261 g/mol. The number of hydrogen-bond acceptors (Lipinski definition) is 3. The first-order valence-corrected chi connectivity index (χ1v) is 13.5. The number of nitrogens with two attached hydrogens (primary N) is 1. The molecule has 0 aromatic rings. The van der Waals surface area contributed by atoms with Crippen molar-refractivity contribution in [2.24, 2.45) is 5.73 Å². The van der Waals surface area contributed by atoms with E-state index in [1.165, 1.54) is 12.5 Å². The molecule has 2 unspecified atom stereocenters. The standard InChI is InChI=1S/C11H28N2OSi2/c1-10(13-8-7-12)11-6-9-15(2,3)16(4,5)14-11/h10-11,13H,6-9,12H2,1-5H3. The zero-order valence-electron chi connectivity index (χ0n) is 11.5. The summed E-state index contributed by atoms with van der Waals surface area (Å²) in [6, 6.07) is 1.87. The lowest BCUT2D eigenvalue weighted by atomic mass is 10.1. The molecule has 16 heavy (non-hydrogen) atoms. The maximum Gasteiger partial charge on any atom is 0.174 e. The Balaban J connectivity index is 2.55. The summed E-state index contributed by atoms with van der Waals surface area (Å²) in [7, 11) is -2.49. The molecular formula is C11H28N2OSi2. The van der Waals surface area contributed by atoms with Gasteiger partial charge in [-0.3, -0.25) is 0 Å². The molecular weight excluding hydrogens is 232 g/mol. The van der Waals surface area contributed by atoms with Gasteiger partial charge in [-0.2, -0.15) is 0 Å². The van der Waals surface area contributed by atoms with Crippen molar-refractivity contribution >= 4 is 15.4 Å². The molecule has 0 spiro atoms. The predicted octanol–water partition coefficient (Wildman–Crippen LogP) is 1.70. The van der Waals surface area contributed by atoms with Crippen LogP contribution in [0.15, 0.2) is 0 Å². The Labute approximate surface area is 102 Å². The minimum absolute atomic E-state index is 0.411. The van der Waals surface area contributed by atoms with Crippen LogP contribution in [0, 0.1) is 0 Å². The van der Waals surface area contributed by atoms with Gasteiger partial charge >= 0.3 is 0 Å². The maximum atomic E-state index is 6.45. The van der Waals surface area contributed by atoms with Crippen molar-refractivity contribution in [1.82, 2.24) is 5.32 Å². The Morgan fingerprint density at radius 2 is 2.00 bits per heavy atom. The Kier molecular flexibility index (Phi) is 4.77. The number of nitrogens with one attached hydrogen (secondary N) is 1. The molecule has 1 aliphatic heterocycles. The topological polar surface area (TPSA) is 47.3 Å². The van der Waals surface area contributed by atoms with Gasteiger partial charge in [0, 0.05) is 19.1 Å². The molecule has 0 aromatic heterocycles. The highest BCUT2D eigenvalue weighted by molar-refractivity contribution is 7.38. The van der Waals surface area contributed by atoms with Crippen molar-refractivity contribution in [3.05, 3.63) is 0 Å². The van der Waals surface area contributed by atoms with Crippen molar-refractivity contribution in [2.45, 2.75) is 57.7 Å². The lowest BCUT2D eigenvalue weighted by molar-refractivity contribution is 0.146. The zero-order chi connectivity index (χ0) is 12.4. The van der Waals surface area contributed by atoms with Gasteiger partial charge in [0.2, 0.25) is 0 Å². The number of hydrogen-bond donors (Lipinski definition) is 2. The third kappa shape index (κ3) is 3.16. The van der Waals surface area contributed by atoms with Gasteiger partial charge in [0.1, 0.15) is 0 Å². The normalized spacial score (nSPS) is 30.0. The first-order chi connectivity index (χ1) is 7.30. The van der Waals surface area contributed by atoms with Gasteiger partial charge in [0.15, 0.2) is 7.83 Å². The van der Waals surface area contributed by atoms with Crippen molar-refractivity contribution in [3.63, 3.8) is 0 Å². The van der Waals surface area contributed by atoms with Crippen LogP contribution in [0.4, 0.5) is 0 Å². The monoisotopic (exact) mass is 260 g/mol. The lowest BCUT2D eigenvalue weighted by Gasteiger charge is -2.47. The third-order valence-corrected chi connectivity index (χ3v) is 20.9. The molecule has 1 aliphatic rings. The smallest absolute Gasteiger partial charge is 0.174 e. The van der Waals surface area contributed by atoms with Crippen molar-refractivity contribution < 1.29 is 4.43 Å². The molecule has 1 saturated heterocycles. The van der Waals surface area contributed by atoms with E-state index in [0.29, 0.717) is 18.7 Å². The molecule has 96 valence electrons. The highest BCUT2D eigenvalue weighted by atomic mass is 29.3. The largest absolute Gasteiger partial charge is 0.416 e.